The maximum Gasteiger partial charge on any atom is 0.271 e. The van der Waals surface area contributed by atoms with E-state index in [1.165, 1.54) is 7.11 Å². The number of nitrogens with one attached hydrogen (secondary N) is 3. The molecule has 1 unspecified atom stereocenters. The van der Waals surface area contributed by atoms with Gasteiger partial charge in [0, 0.05) is 42.8 Å². The third kappa shape index (κ3) is 6.10. The number of hydrogen-bond donors (Lipinski definition) is 4. The minimum atomic E-state index is -3.03. The number of alkyl halides is 2. The van der Waals surface area contributed by atoms with Gasteiger partial charge in [-0.1, -0.05) is 42.8 Å². The van der Waals surface area contributed by atoms with Crippen LogP contribution in [0.2, 0.25) is 0 Å². The number of Topliss-reactive ketones (excluding diaryl/α,β-unsaturated/α-hetero) is 1. The summed E-state index contributed by atoms with van der Waals surface area (Å²) < 4.78 is 34.8. The molecule has 10 nitrogen and oxygen atoms in total. The van der Waals surface area contributed by atoms with Crippen LogP contribution in [0.4, 0.5) is 8.78 Å². The van der Waals surface area contributed by atoms with Crippen LogP contribution in [0.1, 0.15) is 61.0 Å². The number of halogens is 2. The highest BCUT2D eigenvalue weighted by Crippen LogP contribution is 2.66. The topological polar surface area (TPSA) is 141 Å². The summed E-state index contributed by atoms with van der Waals surface area (Å²) in [7, 11) is 1.50. The van der Waals surface area contributed by atoms with Crippen molar-refractivity contribution < 1.29 is 37.8 Å². The number of carbonyl (C=O) groups excluding carboxylic acids is 4. The van der Waals surface area contributed by atoms with Crippen molar-refractivity contribution in [1.29, 1.82) is 0 Å². The number of H-pyrrole nitrogens is 1. The summed E-state index contributed by atoms with van der Waals surface area (Å²) in [5.74, 6) is -5.12. The maximum atomic E-state index is 14.7. The lowest BCUT2D eigenvalue weighted by Crippen LogP contribution is -2.55. The van der Waals surface area contributed by atoms with Crippen LogP contribution in [-0.2, 0) is 20.9 Å². The summed E-state index contributed by atoms with van der Waals surface area (Å²) in [4.78, 5) is 57.7. The van der Waals surface area contributed by atoms with Gasteiger partial charge in [-0.05, 0) is 49.4 Å². The van der Waals surface area contributed by atoms with Crippen LogP contribution in [0.3, 0.4) is 0 Å². The fourth-order valence-electron chi connectivity index (χ4n) is 7.01. The summed E-state index contributed by atoms with van der Waals surface area (Å²) in [5, 5.41) is 17.2. The number of benzene rings is 2. The molecule has 2 aromatic carbocycles. The highest BCUT2D eigenvalue weighted by atomic mass is 19.3. The normalized spacial score (nSPS) is 24.9. The van der Waals surface area contributed by atoms with Crippen molar-refractivity contribution in [1.82, 2.24) is 20.5 Å². The smallest absolute Gasteiger partial charge is 0.271 e. The average molecular weight is 637 g/mol. The van der Waals surface area contributed by atoms with E-state index in [2.05, 4.69) is 15.6 Å². The van der Waals surface area contributed by atoms with Gasteiger partial charge in [0.1, 0.15) is 23.3 Å². The van der Waals surface area contributed by atoms with Crippen molar-refractivity contribution in [3.05, 3.63) is 65.9 Å². The van der Waals surface area contributed by atoms with Crippen LogP contribution in [0.15, 0.2) is 54.6 Å². The second kappa shape index (κ2) is 12.5. The third-order valence-corrected chi connectivity index (χ3v) is 9.79. The summed E-state index contributed by atoms with van der Waals surface area (Å²) in [5.41, 5.74) is -0.00909. The molecule has 3 fully saturated rings. The zero-order valence-corrected chi connectivity index (χ0v) is 25.6. The summed E-state index contributed by atoms with van der Waals surface area (Å²) in [6, 6.07) is 13.4. The van der Waals surface area contributed by atoms with Crippen molar-refractivity contribution in [3.63, 3.8) is 0 Å². The van der Waals surface area contributed by atoms with E-state index >= 15 is 0 Å². The molecule has 6 rings (SSSR count). The number of aromatic nitrogens is 1. The van der Waals surface area contributed by atoms with Gasteiger partial charge in [0.25, 0.3) is 17.7 Å². The van der Waals surface area contributed by atoms with Crippen molar-refractivity contribution >= 4 is 34.4 Å². The highest BCUT2D eigenvalue weighted by Gasteiger charge is 2.75. The first kappa shape index (κ1) is 31.7. The van der Waals surface area contributed by atoms with Crippen LogP contribution in [0, 0.1) is 11.3 Å². The van der Waals surface area contributed by atoms with Gasteiger partial charge in [0.05, 0.1) is 18.6 Å². The Morgan fingerprint density at radius 1 is 1.13 bits per heavy atom. The van der Waals surface area contributed by atoms with Crippen molar-refractivity contribution in [2.75, 3.05) is 13.7 Å². The number of ether oxygens (including phenoxy) is 1. The van der Waals surface area contributed by atoms with Gasteiger partial charge in [-0.15, -0.1) is 0 Å². The molecular formula is C34H38F2N4O6. The quantitative estimate of drug-likeness (QED) is 0.268. The van der Waals surface area contributed by atoms with Gasteiger partial charge in [0.2, 0.25) is 5.91 Å². The third-order valence-electron chi connectivity index (χ3n) is 9.79. The number of amides is 3. The molecule has 5 atom stereocenters. The minimum Gasteiger partial charge on any atom is -0.496 e. The number of aliphatic hydroxyl groups is 1. The Labute approximate surface area is 264 Å². The highest BCUT2D eigenvalue weighted by molar-refractivity contribution is 6.02. The number of nitrogens with zero attached hydrogens (tertiary/aromatic N) is 1. The molecule has 2 heterocycles. The zero-order valence-electron chi connectivity index (χ0n) is 25.6. The fourth-order valence-corrected chi connectivity index (χ4v) is 7.01. The fraction of sp³-hybridized carbons (Fsp3) is 0.471. The molecule has 4 N–H and O–H groups in total. The van der Waals surface area contributed by atoms with Crippen molar-refractivity contribution in [2.45, 2.75) is 75.6 Å². The number of aromatic amines is 1. The number of likely N-dealkylation sites (tertiary alicyclic amines) is 1. The SMILES string of the molecule is COc1cccc2[nH]c(C(=O)N3C[C@]4(C[C@H]3C(=O)N[C@@H](C[C@@H]3CCCCC3=O)C(O)C(=O)NCc3ccccc3)CC4(F)F)cc12. The zero-order chi connectivity index (χ0) is 32.6. The Balaban J connectivity index is 1.24. The molecule has 2 aliphatic carbocycles. The second-order valence-corrected chi connectivity index (χ2v) is 12.8. The summed E-state index contributed by atoms with van der Waals surface area (Å²) in [6.45, 7) is -0.188. The molecule has 1 aliphatic heterocycles. The van der Waals surface area contributed by atoms with E-state index in [-0.39, 0.29) is 37.4 Å². The van der Waals surface area contributed by atoms with E-state index in [9.17, 15) is 33.1 Å². The lowest BCUT2D eigenvalue weighted by molar-refractivity contribution is -0.135. The standard InChI is InChI=1S/C34H38F2N4O6/c1-46-28-13-7-11-23-22(28)15-25(38-23)32(45)40-19-33(18-34(33,35)36)16-26(40)30(43)39-24(14-21-10-5-6-12-27(21)41)29(42)31(44)37-17-20-8-3-2-4-9-20/h2-4,7-9,11,13,15,21,24,26,29,38,42H,5-6,10,12,14,16-19H2,1H3,(H,37,44)(H,39,43)/t21-,24-,26-,29?,33-/m0/s1. The average Bonchev–Trinajstić information content (AvgIpc) is 3.38. The van der Waals surface area contributed by atoms with Crippen molar-refractivity contribution in [2.24, 2.45) is 11.3 Å². The molecule has 12 heteroatoms. The Hall–Kier alpha value is -4.32. The predicted octanol–water partition coefficient (Wildman–Crippen LogP) is 3.73. The first-order chi connectivity index (χ1) is 22.0. The minimum absolute atomic E-state index is 0.00821. The Morgan fingerprint density at radius 3 is 2.59 bits per heavy atom. The second-order valence-electron chi connectivity index (χ2n) is 12.8. The molecule has 3 amide bonds. The van der Waals surface area contributed by atoms with E-state index in [0.717, 1.165) is 23.3 Å². The number of carbonyl (C=O) groups is 4. The molecule has 3 aromatic rings. The van der Waals surface area contributed by atoms with Crippen LogP contribution >= 0.6 is 0 Å². The molecule has 244 valence electrons. The van der Waals surface area contributed by atoms with Gasteiger partial charge in [-0.2, -0.15) is 0 Å². The molecular weight excluding hydrogens is 598 g/mol. The summed E-state index contributed by atoms with van der Waals surface area (Å²) >= 11 is 0. The van der Waals surface area contributed by atoms with Gasteiger partial charge in [0.15, 0.2) is 6.10 Å². The number of hydrogen-bond acceptors (Lipinski definition) is 6. The van der Waals surface area contributed by atoms with Gasteiger partial charge >= 0.3 is 0 Å². The number of fused-ring (bicyclic) bond motifs is 1. The van der Waals surface area contributed by atoms with Crippen LogP contribution < -0.4 is 15.4 Å². The van der Waals surface area contributed by atoms with Crippen LogP contribution in [-0.4, -0.2) is 76.3 Å². The van der Waals surface area contributed by atoms with E-state index in [1.54, 1.807) is 24.3 Å². The van der Waals surface area contributed by atoms with Gasteiger partial charge in [-0.25, -0.2) is 8.78 Å². The maximum absolute atomic E-state index is 14.7. The Morgan fingerprint density at radius 2 is 1.89 bits per heavy atom. The van der Waals surface area contributed by atoms with Gasteiger partial charge < -0.3 is 30.4 Å². The molecule has 3 aliphatic rings. The Kier molecular flexibility index (Phi) is 8.58. The molecule has 1 saturated heterocycles. The van der Waals surface area contributed by atoms with E-state index in [4.69, 9.17) is 4.74 Å². The molecule has 0 radical (unpaired) electrons. The molecule has 0 bridgehead atoms. The van der Waals surface area contributed by atoms with E-state index in [1.807, 2.05) is 30.3 Å². The summed E-state index contributed by atoms with van der Waals surface area (Å²) in [6.07, 6.45) is 0.0490. The Bertz CT molecular complexity index is 1640. The molecule has 1 spiro atoms. The monoisotopic (exact) mass is 636 g/mol. The number of methoxy groups -OCH3 is 1. The first-order valence-electron chi connectivity index (χ1n) is 15.7. The van der Waals surface area contributed by atoms with E-state index in [0.29, 0.717) is 29.5 Å². The van der Waals surface area contributed by atoms with Crippen LogP contribution in [0.25, 0.3) is 10.9 Å². The molecule has 2 saturated carbocycles. The lowest BCUT2D eigenvalue weighted by atomic mass is 9.82. The number of rotatable bonds is 10. The largest absolute Gasteiger partial charge is 0.496 e. The van der Waals surface area contributed by atoms with Gasteiger partial charge in [-0.3, -0.25) is 19.2 Å². The predicted molar refractivity (Wildman–Crippen MR) is 164 cm³/mol. The van der Waals surface area contributed by atoms with E-state index < -0.39 is 59.6 Å². The molecule has 1 aromatic heterocycles. The van der Waals surface area contributed by atoms with Crippen molar-refractivity contribution in [3.8, 4) is 5.75 Å². The lowest BCUT2D eigenvalue weighted by Gasteiger charge is -2.31. The molecule has 46 heavy (non-hydrogen) atoms. The number of ketones is 1. The number of aliphatic hydroxyl groups excluding tert-OH is 1. The first-order valence-corrected chi connectivity index (χ1v) is 15.7. The van der Waals surface area contributed by atoms with Crippen LogP contribution in [0.5, 0.6) is 5.75 Å².